The molecule has 0 aliphatic rings. The van der Waals surface area contributed by atoms with Crippen molar-refractivity contribution >= 4 is 13.7 Å². The number of ether oxygens (including phenoxy) is 2. The first-order valence-corrected chi connectivity index (χ1v) is 16.0. The fourth-order valence-electron chi connectivity index (χ4n) is 3.82. The first kappa shape index (κ1) is 35.3. The van der Waals surface area contributed by atoms with Gasteiger partial charge in [0.05, 0.1) is 27.7 Å². The van der Waals surface area contributed by atoms with Crippen LogP contribution in [0.1, 0.15) is 103 Å². The quantitative estimate of drug-likeness (QED) is 0.0890. The number of unbranched alkanes of at least 4 members (excludes halogenated alkanes) is 13. The Hall–Kier alpha value is -0.660. The maximum atomic E-state index is 12.2. The first-order chi connectivity index (χ1) is 17.1. The molecule has 0 saturated carbocycles. The molecule has 0 heterocycles. The van der Waals surface area contributed by atoms with Gasteiger partial charge in [0.25, 0.3) is 0 Å². The van der Waals surface area contributed by atoms with Crippen LogP contribution in [0.3, 0.4) is 0 Å². The van der Waals surface area contributed by atoms with Gasteiger partial charge in [-0.3, -0.25) is 0 Å². The Morgan fingerprint density at radius 3 is 1.83 bits per heavy atom. The zero-order valence-electron chi connectivity index (χ0n) is 24.1. The summed E-state index contributed by atoms with van der Waals surface area (Å²) in [5.74, 6) is 0. The van der Waals surface area contributed by atoms with Gasteiger partial charge in [-0.25, -0.2) is 4.79 Å². The van der Waals surface area contributed by atoms with Crippen LogP contribution in [0, 0.1) is 0 Å². The van der Waals surface area contributed by atoms with E-state index < -0.39 is 19.8 Å². The monoisotopic (exact) mass is 536 g/mol. The van der Waals surface area contributed by atoms with Crippen LogP contribution in [-0.4, -0.2) is 77.4 Å². The molecule has 0 aromatic heterocycles. The number of carbonyl (C=O) groups is 1. The lowest BCUT2D eigenvalue weighted by atomic mass is 10.0. The van der Waals surface area contributed by atoms with Crippen LogP contribution in [0.25, 0.3) is 0 Å². The molecule has 1 N–H and O–H groups in total. The Morgan fingerprint density at radius 2 is 1.36 bits per heavy atom. The summed E-state index contributed by atoms with van der Waals surface area (Å²) in [6.45, 7) is 3.76. The summed E-state index contributed by atoms with van der Waals surface area (Å²) >= 11 is 0. The van der Waals surface area contributed by atoms with E-state index in [4.69, 9.17) is 14.0 Å². The minimum atomic E-state index is -3.99. The molecule has 0 aromatic carbocycles. The van der Waals surface area contributed by atoms with Crippen molar-refractivity contribution < 1.29 is 32.7 Å². The molecule has 0 radical (unpaired) electrons. The molecule has 0 aliphatic heterocycles. The van der Waals surface area contributed by atoms with Gasteiger partial charge in [-0.1, -0.05) is 90.4 Å². The van der Waals surface area contributed by atoms with Crippen molar-refractivity contribution in [1.29, 1.82) is 0 Å². The molecular formula is C27H57N2O6P. The predicted octanol–water partition coefficient (Wildman–Crippen LogP) is 5.88. The number of nitrogens with zero attached hydrogens (tertiary/aromatic N) is 1. The summed E-state index contributed by atoms with van der Waals surface area (Å²) in [6.07, 6.45) is 17.0. The van der Waals surface area contributed by atoms with Gasteiger partial charge in [-0.2, -0.15) is 0 Å². The molecule has 0 rings (SSSR count). The van der Waals surface area contributed by atoms with E-state index in [9.17, 15) is 14.3 Å². The molecule has 8 nitrogen and oxygen atoms in total. The lowest BCUT2D eigenvalue weighted by molar-refractivity contribution is -0.870. The Morgan fingerprint density at radius 1 is 0.861 bits per heavy atom. The first-order valence-electron chi connectivity index (χ1n) is 14.3. The number of carbonyl (C=O) groups excluding carboxylic acids is 1. The highest BCUT2D eigenvalue weighted by molar-refractivity contribution is 7.51. The SMILES string of the molecule is CCCCCCCCCCCCCCCCOC[C@H](CCP(=O)([O-])OCC[N+](C)(C)C)OC(=O)NC. The Labute approximate surface area is 222 Å². The molecule has 216 valence electrons. The lowest BCUT2D eigenvalue weighted by Gasteiger charge is -2.28. The molecule has 0 aliphatic carbocycles. The van der Waals surface area contributed by atoms with Crippen LogP contribution in [0.15, 0.2) is 0 Å². The Kier molecular flexibility index (Phi) is 21.9. The zero-order chi connectivity index (χ0) is 27.1. The smallest absolute Gasteiger partial charge is 0.407 e. The highest BCUT2D eigenvalue weighted by Crippen LogP contribution is 2.38. The van der Waals surface area contributed by atoms with Gasteiger partial charge in [-0.05, 0) is 12.8 Å². The number of quaternary nitrogens is 1. The van der Waals surface area contributed by atoms with Crippen LogP contribution in [0.4, 0.5) is 4.79 Å². The van der Waals surface area contributed by atoms with Crippen LogP contribution in [0.5, 0.6) is 0 Å². The molecule has 0 saturated heterocycles. The van der Waals surface area contributed by atoms with Crippen LogP contribution in [-0.2, 0) is 18.6 Å². The van der Waals surface area contributed by atoms with Crippen molar-refractivity contribution in [3.63, 3.8) is 0 Å². The summed E-state index contributed by atoms with van der Waals surface area (Å²) in [5.41, 5.74) is 0. The fraction of sp³-hybridized carbons (Fsp3) is 0.963. The second-order valence-corrected chi connectivity index (χ2v) is 12.8. The van der Waals surface area contributed by atoms with E-state index in [-0.39, 0.29) is 25.8 Å². The second kappa shape index (κ2) is 22.3. The topological polar surface area (TPSA) is 96.9 Å². The van der Waals surface area contributed by atoms with Gasteiger partial charge >= 0.3 is 6.09 Å². The number of hydrogen-bond acceptors (Lipinski definition) is 6. The highest BCUT2D eigenvalue weighted by atomic mass is 31.2. The standard InChI is InChI=1S/C27H57N2O6P/c1-6-7-8-9-10-11-12-13-14-15-16-17-18-19-22-33-25-26(35-27(30)28-2)20-24-36(31,32)34-23-21-29(3,4)5/h26H,6-25H2,1-5H3,(H-,28,30,31,32)/t26-/m0/s1. The van der Waals surface area contributed by atoms with Crippen molar-refractivity contribution in [3.05, 3.63) is 0 Å². The number of nitrogens with one attached hydrogen (secondary N) is 1. The number of rotatable bonds is 25. The van der Waals surface area contributed by atoms with E-state index in [0.717, 1.165) is 12.8 Å². The van der Waals surface area contributed by atoms with Gasteiger partial charge in [0, 0.05) is 19.8 Å². The minimum Gasteiger partial charge on any atom is -0.778 e. The molecule has 0 aromatic rings. The van der Waals surface area contributed by atoms with E-state index in [1.807, 2.05) is 21.1 Å². The lowest BCUT2D eigenvalue weighted by Crippen LogP contribution is -2.37. The third-order valence-electron chi connectivity index (χ3n) is 6.20. The number of likely N-dealkylation sites (N-methyl/N-ethyl adjacent to an activating group) is 1. The summed E-state index contributed by atoms with van der Waals surface area (Å²) < 4.78 is 28.9. The second-order valence-electron chi connectivity index (χ2n) is 10.9. The molecule has 1 unspecified atom stereocenters. The third kappa shape index (κ3) is 25.0. The summed E-state index contributed by atoms with van der Waals surface area (Å²) in [4.78, 5) is 23.8. The van der Waals surface area contributed by atoms with E-state index >= 15 is 0 Å². The van der Waals surface area contributed by atoms with Crippen molar-refractivity contribution in [1.82, 2.24) is 5.32 Å². The van der Waals surface area contributed by atoms with Gasteiger partial charge in [0.1, 0.15) is 26.9 Å². The number of alkyl carbamates (subject to hydrolysis) is 1. The largest absolute Gasteiger partial charge is 0.778 e. The minimum absolute atomic E-state index is 0.140. The average Bonchev–Trinajstić information content (AvgIpc) is 2.81. The summed E-state index contributed by atoms with van der Waals surface area (Å²) in [6, 6.07) is 0. The highest BCUT2D eigenvalue weighted by Gasteiger charge is 2.19. The molecular weight excluding hydrogens is 479 g/mol. The number of hydrogen-bond donors (Lipinski definition) is 1. The molecule has 0 spiro atoms. The van der Waals surface area contributed by atoms with Crippen molar-refractivity contribution in [2.24, 2.45) is 0 Å². The van der Waals surface area contributed by atoms with Crippen LogP contribution < -0.4 is 10.2 Å². The van der Waals surface area contributed by atoms with Crippen molar-refractivity contribution in [2.75, 3.05) is 60.7 Å². The van der Waals surface area contributed by atoms with Gasteiger partial charge < -0.3 is 33.3 Å². The Balaban J connectivity index is 3.88. The molecule has 2 atom stereocenters. The molecule has 1 amide bonds. The third-order valence-corrected chi connectivity index (χ3v) is 7.58. The van der Waals surface area contributed by atoms with Gasteiger partial charge in [0.15, 0.2) is 0 Å². The Bertz CT molecular complexity index is 571. The van der Waals surface area contributed by atoms with Crippen molar-refractivity contribution in [2.45, 2.75) is 109 Å². The van der Waals surface area contributed by atoms with Crippen molar-refractivity contribution in [3.8, 4) is 0 Å². The van der Waals surface area contributed by atoms with E-state index in [1.54, 1.807) is 0 Å². The van der Waals surface area contributed by atoms with Crippen LogP contribution >= 0.6 is 7.60 Å². The van der Waals surface area contributed by atoms with E-state index in [2.05, 4.69) is 12.2 Å². The maximum Gasteiger partial charge on any atom is 0.407 e. The van der Waals surface area contributed by atoms with Gasteiger partial charge in [-0.15, -0.1) is 0 Å². The predicted molar refractivity (Wildman–Crippen MR) is 146 cm³/mol. The fourth-order valence-corrected chi connectivity index (χ4v) is 4.91. The molecule has 36 heavy (non-hydrogen) atoms. The maximum absolute atomic E-state index is 12.2. The molecule has 0 fully saturated rings. The average molecular weight is 537 g/mol. The van der Waals surface area contributed by atoms with E-state index in [0.29, 0.717) is 17.6 Å². The van der Waals surface area contributed by atoms with Gasteiger partial charge in [0.2, 0.25) is 0 Å². The summed E-state index contributed by atoms with van der Waals surface area (Å²) in [5, 5.41) is 2.40. The normalized spacial score (nSPS) is 14.4. The van der Waals surface area contributed by atoms with Crippen LogP contribution in [0.2, 0.25) is 0 Å². The van der Waals surface area contributed by atoms with E-state index in [1.165, 1.54) is 84.1 Å². The molecule has 9 heteroatoms. The molecule has 0 bridgehead atoms. The summed E-state index contributed by atoms with van der Waals surface area (Å²) in [7, 11) is 3.41. The number of amides is 1. The zero-order valence-corrected chi connectivity index (χ0v) is 25.0.